The van der Waals surface area contributed by atoms with E-state index in [4.69, 9.17) is 11.6 Å². The van der Waals surface area contributed by atoms with Crippen LogP contribution < -0.4 is 30.7 Å². The number of amides is 8. The second kappa shape index (κ2) is 27.9. The minimum Gasteiger partial charge on any atom is -0.369 e. The molecule has 0 saturated carbocycles. The summed E-state index contributed by atoms with van der Waals surface area (Å²) in [5.74, 6) is -2.68. The van der Waals surface area contributed by atoms with Gasteiger partial charge in [0.15, 0.2) is 0 Å². The van der Waals surface area contributed by atoms with Gasteiger partial charge < -0.3 is 20.0 Å². The van der Waals surface area contributed by atoms with Crippen molar-refractivity contribution in [2.75, 3.05) is 106 Å². The van der Waals surface area contributed by atoms with Gasteiger partial charge in [0.2, 0.25) is 23.6 Å². The zero-order valence-electron chi connectivity index (χ0n) is 48.2. The van der Waals surface area contributed by atoms with Crippen LogP contribution in [0.1, 0.15) is 117 Å². The van der Waals surface area contributed by atoms with Gasteiger partial charge in [0.1, 0.15) is 23.1 Å². The number of hydrogen-bond acceptors (Lipinski definition) is 16. The maximum atomic E-state index is 13.6. The molecule has 8 aliphatic heterocycles. The van der Waals surface area contributed by atoms with Crippen molar-refractivity contribution in [3.8, 4) is 0 Å². The van der Waals surface area contributed by atoms with Gasteiger partial charge in [-0.25, -0.2) is 9.97 Å². The van der Waals surface area contributed by atoms with Crippen molar-refractivity contribution in [3.05, 3.63) is 108 Å². The summed E-state index contributed by atoms with van der Waals surface area (Å²) in [5, 5.41) is 7.33. The number of fused-ring (bicyclic) bond motifs is 2. The van der Waals surface area contributed by atoms with Crippen molar-refractivity contribution in [1.29, 1.82) is 0 Å². The summed E-state index contributed by atoms with van der Waals surface area (Å²) < 4.78 is 77.5. The first-order valence-electron chi connectivity index (χ1n) is 29.6. The molecule has 6 saturated heterocycles. The van der Waals surface area contributed by atoms with E-state index in [1.54, 1.807) is 29.2 Å². The second-order valence-electron chi connectivity index (χ2n) is 23.2. The number of hydrogen-bond donors (Lipinski definition) is 3. The summed E-state index contributed by atoms with van der Waals surface area (Å²) in [6.07, 6.45) is 0.586. The van der Waals surface area contributed by atoms with E-state index in [9.17, 15) is 64.7 Å². The summed E-state index contributed by atoms with van der Waals surface area (Å²) in [7, 11) is 0. The number of carbonyl (C=O) groups is 8. The van der Waals surface area contributed by atoms with Crippen molar-refractivity contribution in [1.82, 2.24) is 45.5 Å². The highest BCUT2D eigenvalue weighted by Gasteiger charge is 2.47. The lowest BCUT2D eigenvalue weighted by Gasteiger charge is -2.38. The third kappa shape index (κ3) is 15.3. The Morgan fingerprint density at radius 1 is 0.494 bits per heavy atom. The molecule has 8 aliphatic rings. The van der Waals surface area contributed by atoms with E-state index < -0.39 is 82.1 Å². The fraction of sp³-hybridized carbons (Fsp3) is 0.500. The van der Waals surface area contributed by atoms with Crippen molar-refractivity contribution in [2.24, 2.45) is 11.8 Å². The number of rotatable bonds is 11. The number of carbonyl (C=O) groups excluding carboxylic acids is 8. The molecule has 20 nitrogen and oxygen atoms in total. The normalized spacial score (nSPS) is 21.7. The van der Waals surface area contributed by atoms with Crippen molar-refractivity contribution in [3.63, 3.8) is 0 Å². The van der Waals surface area contributed by atoms with Gasteiger partial charge in [0.25, 0.3) is 23.6 Å². The number of alkyl halides is 6. The highest BCUT2D eigenvalue weighted by molar-refractivity contribution is 9.10. The van der Waals surface area contributed by atoms with Gasteiger partial charge >= 0.3 is 12.4 Å². The standard InChI is InChI=1S/C30H32BrF3N6O4.C24H31N5O4.C6H2BrClF3N/c31-19-15-23(30(32,33)34)26(35-17-19)39-9-6-18(7-10-39)5-8-37-11-13-38(14-12-37)20-1-2-21-22(16-20)29(44)40(28(21)43)24-3-4-25(41)36-27(24)42;30-21-4-3-20(22(31)26-21)29-23(32)18-2-1-17(15-19(18)24(29)33)28-13-11-27(12-14-28)10-7-16-5-8-25-9-6-16;7-3-1-4(6(9,10)11)5(8)12-2-3/h1-2,15-18,24H,3-14H2,(H,36,41,42);1-2,15-16,20,25H,3-14H2,(H,26,30,31);1-2H. The van der Waals surface area contributed by atoms with Crippen LogP contribution in [-0.2, 0) is 31.5 Å². The Morgan fingerprint density at radius 2 is 0.910 bits per heavy atom. The van der Waals surface area contributed by atoms with Gasteiger partial charge in [-0.2, -0.15) is 26.3 Å². The molecule has 10 heterocycles. The summed E-state index contributed by atoms with van der Waals surface area (Å²) in [6, 6.07) is 10.6. The number of benzene rings is 2. The molecule has 8 amide bonds. The van der Waals surface area contributed by atoms with E-state index in [2.05, 4.69) is 77.4 Å². The summed E-state index contributed by atoms with van der Waals surface area (Å²) >= 11 is 11.2. The predicted molar refractivity (Wildman–Crippen MR) is 322 cm³/mol. The molecule has 12 rings (SSSR count). The third-order valence-electron chi connectivity index (χ3n) is 17.7. The van der Waals surface area contributed by atoms with Crippen LogP contribution in [0.2, 0.25) is 5.15 Å². The Labute approximate surface area is 530 Å². The number of aromatic nitrogens is 2. The number of pyridine rings is 2. The molecule has 0 aliphatic carbocycles. The van der Waals surface area contributed by atoms with Crippen molar-refractivity contribution >= 4 is 108 Å². The van der Waals surface area contributed by atoms with E-state index in [0.29, 0.717) is 34.6 Å². The van der Waals surface area contributed by atoms with E-state index in [1.807, 2.05) is 12.1 Å². The zero-order chi connectivity index (χ0) is 63.5. The fourth-order valence-corrected chi connectivity index (χ4v) is 13.5. The molecule has 4 aromatic rings. The van der Waals surface area contributed by atoms with Gasteiger partial charge in [-0.05, 0) is 170 Å². The third-order valence-corrected chi connectivity index (χ3v) is 18.8. The minimum atomic E-state index is -4.46. The Bertz CT molecular complexity index is 3390. The quantitative estimate of drug-likeness (QED) is 0.0740. The Morgan fingerprint density at radius 3 is 1.34 bits per heavy atom. The molecule has 2 aromatic carbocycles. The number of halogens is 9. The Hall–Kier alpha value is -6.59. The van der Waals surface area contributed by atoms with Crippen LogP contribution >= 0.6 is 43.5 Å². The molecule has 6 fully saturated rings. The Balaban J connectivity index is 0.000000170. The molecule has 3 N–H and O–H groups in total. The number of imide groups is 4. The maximum Gasteiger partial charge on any atom is 0.419 e. The minimum absolute atomic E-state index is 0.00317. The van der Waals surface area contributed by atoms with Crippen LogP contribution in [0.3, 0.4) is 0 Å². The molecule has 2 atom stereocenters. The molecular weight excluding hydrogens is 1330 g/mol. The second-order valence-corrected chi connectivity index (χ2v) is 25.4. The average Bonchev–Trinajstić information content (AvgIpc) is 1.92. The highest BCUT2D eigenvalue weighted by Crippen LogP contribution is 2.40. The molecule has 0 radical (unpaired) electrons. The topological polar surface area (TPSA) is 221 Å². The van der Waals surface area contributed by atoms with Gasteiger partial charge in [0, 0.05) is 111 Å². The average molecular weight is 1390 g/mol. The number of piperazine rings is 2. The molecule has 476 valence electrons. The lowest BCUT2D eigenvalue weighted by molar-refractivity contribution is -0.138. The van der Waals surface area contributed by atoms with E-state index in [-0.39, 0.29) is 53.0 Å². The molecule has 2 unspecified atom stereocenters. The molecule has 0 spiro atoms. The largest absolute Gasteiger partial charge is 0.419 e. The summed E-state index contributed by atoms with van der Waals surface area (Å²) in [4.78, 5) is 120. The summed E-state index contributed by atoms with van der Waals surface area (Å²) in [5.41, 5.74) is 1.32. The van der Waals surface area contributed by atoms with Gasteiger partial charge in [0.05, 0.1) is 33.4 Å². The smallest absolute Gasteiger partial charge is 0.369 e. The SMILES string of the molecule is FC(F)(F)c1cc(Br)cnc1Cl.O=C1CCC(N2C(=O)c3ccc(N4CCN(CCC5CCN(c6ncc(Br)cc6C(F)(F)F)CC5)CC4)cc3C2=O)C(=O)N1.O=C1CCC(N2C(=O)c3ccc(N4CCN(CCC5CCNCC5)CC4)cc3C2=O)C(=O)N1. The number of nitrogens with zero attached hydrogens (tertiary/aromatic N) is 9. The van der Waals surface area contributed by atoms with Crippen LogP contribution in [0.15, 0.2) is 69.9 Å². The first-order valence-corrected chi connectivity index (χ1v) is 31.6. The first-order chi connectivity index (χ1) is 42.4. The van der Waals surface area contributed by atoms with E-state index in [1.165, 1.54) is 31.7 Å². The Kier molecular flexibility index (Phi) is 20.5. The molecular formula is C60H65Br2ClF6N12O8. The maximum absolute atomic E-state index is 13.6. The lowest BCUT2D eigenvalue weighted by Crippen LogP contribution is -2.54. The molecule has 0 bridgehead atoms. The van der Waals surface area contributed by atoms with Crippen LogP contribution in [0, 0.1) is 11.8 Å². The van der Waals surface area contributed by atoms with Crippen molar-refractivity contribution < 1.29 is 64.7 Å². The van der Waals surface area contributed by atoms with Crippen LogP contribution in [0.5, 0.6) is 0 Å². The number of anilines is 3. The van der Waals surface area contributed by atoms with Crippen LogP contribution in [-0.4, -0.2) is 181 Å². The molecule has 29 heteroatoms. The lowest BCUT2D eigenvalue weighted by atomic mass is 9.93. The number of nitrogens with one attached hydrogen (secondary N) is 3. The van der Waals surface area contributed by atoms with Crippen LogP contribution in [0.4, 0.5) is 43.5 Å². The van der Waals surface area contributed by atoms with Crippen LogP contribution in [0.25, 0.3) is 0 Å². The number of piperidine rings is 4. The monoisotopic (exact) mass is 1390 g/mol. The predicted octanol–water partition coefficient (Wildman–Crippen LogP) is 7.81. The van der Waals surface area contributed by atoms with Gasteiger partial charge in [-0.3, -0.25) is 68.6 Å². The molecule has 2 aromatic heterocycles. The van der Waals surface area contributed by atoms with Crippen molar-refractivity contribution in [2.45, 2.75) is 88.6 Å². The highest BCUT2D eigenvalue weighted by atomic mass is 79.9. The van der Waals surface area contributed by atoms with Gasteiger partial charge in [-0.1, -0.05) is 11.6 Å². The van der Waals surface area contributed by atoms with Gasteiger partial charge in [-0.15, -0.1) is 0 Å². The molecule has 89 heavy (non-hydrogen) atoms. The first kappa shape index (κ1) is 65.4. The zero-order valence-corrected chi connectivity index (χ0v) is 52.2. The summed E-state index contributed by atoms with van der Waals surface area (Å²) in [6.45, 7) is 12.2. The fourth-order valence-electron chi connectivity index (χ4n) is 12.6. The van der Waals surface area contributed by atoms with E-state index >= 15 is 0 Å². The van der Waals surface area contributed by atoms with E-state index in [0.717, 1.165) is 137 Å².